The van der Waals surface area contributed by atoms with Crippen molar-refractivity contribution in [1.29, 1.82) is 0 Å². The largest absolute Gasteiger partial charge is 0.382 e. The molecular formula is C10H15N3O2. The number of aromatic nitrogens is 2. The Morgan fingerprint density at radius 2 is 2.40 bits per heavy atom. The molecule has 0 bridgehead atoms. The molecule has 1 aliphatic rings. The zero-order valence-electron chi connectivity index (χ0n) is 9.23. The molecule has 2 rings (SSSR count). The highest BCUT2D eigenvalue weighted by molar-refractivity contribution is 5.91. The van der Waals surface area contributed by atoms with Crippen molar-refractivity contribution in [2.75, 3.05) is 20.8 Å². The molecule has 0 aromatic carbocycles. The molecule has 0 saturated heterocycles. The number of carbonyl (C=O) groups excluding carboxylic acids is 1. The minimum absolute atomic E-state index is 0.0311. The number of likely N-dealkylation sites (N-methyl/N-ethyl adjacent to an activating group) is 1. The zero-order valence-corrected chi connectivity index (χ0v) is 9.23. The van der Waals surface area contributed by atoms with E-state index in [9.17, 15) is 4.79 Å². The van der Waals surface area contributed by atoms with Crippen LogP contribution in [0.25, 0.3) is 0 Å². The number of hydrogen-bond donors (Lipinski definition) is 0. The van der Waals surface area contributed by atoms with Crippen LogP contribution >= 0.6 is 0 Å². The van der Waals surface area contributed by atoms with Gasteiger partial charge in [-0.25, -0.2) is 4.98 Å². The van der Waals surface area contributed by atoms with Gasteiger partial charge in [-0.15, -0.1) is 0 Å². The summed E-state index contributed by atoms with van der Waals surface area (Å²) in [7, 11) is 3.44. The number of fused-ring (bicyclic) bond motifs is 1. The van der Waals surface area contributed by atoms with Gasteiger partial charge in [-0.2, -0.15) is 0 Å². The number of amides is 1. The second-order valence-electron chi connectivity index (χ2n) is 3.88. The van der Waals surface area contributed by atoms with Gasteiger partial charge >= 0.3 is 0 Å². The maximum atomic E-state index is 11.9. The van der Waals surface area contributed by atoms with Gasteiger partial charge in [-0.05, 0) is 6.92 Å². The molecule has 82 valence electrons. The Hall–Kier alpha value is -1.36. The molecule has 2 heterocycles. The Morgan fingerprint density at radius 3 is 3.07 bits per heavy atom. The van der Waals surface area contributed by atoms with Gasteiger partial charge in [0.25, 0.3) is 5.91 Å². The number of hydrogen-bond acceptors (Lipinski definition) is 3. The summed E-state index contributed by atoms with van der Waals surface area (Å²) in [4.78, 5) is 17.8. The lowest BCUT2D eigenvalue weighted by Crippen LogP contribution is -2.47. The van der Waals surface area contributed by atoms with Crippen LogP contribution in [-0.4, -0.2) is 47.2 Å². The number of methoxy groups -OCH3 is 1. The molecule has 0 N–H and O–H groups in total. The lowest BCUT2D eigenvalue weighted by atomic mass is 10.2. The third-order valence-corrected chi connectivity index (χ3v) is 2.72. The van der Waals surface area contributed by atoms with Crippen molar-refractivity contribution in [1.82, 2.24) is 14.5 Å². The standard InChI is InChI=1S/C10H15N3O2/c1-7-4-13-5-8(6-15-3)12(2)10(14)9(13)11-7/h4,8H,5-6H2,1-3H3/t8-/m1/s1. The average molecular weight is 209 g/mol. The first-order valence-electron chi connectivity index (χ1n) is 4.93. The number of rotatable bonds is 2. The van der Waals surface area contributed by atoms with Crippen molar-refractivity contribution in [3.8, 4) is 0 Å². The van der Waals surface area contributed by atoms with E-state index in [-0.39, 0.29) is 11.9 Å². The molecular weight excluding hydrogens is 194 g/mol. The Balaban J connectivity index is 2.32. The molecule has 0 radical (unpaired) electrons. The zero-order chi connectivity index (χ0) is 11.0. The number of nitrogens with zero attached hydrogens (tertiary/aromatic N) is 3. The van der Waals surface area contributed by atoms with Crippen LogP contribution in [0.2, 0.25) is 0 Å². The summed E-state index contributed by atoms with van der Waals surface area (Å²) >= 11 is 0. The Kier molecular flexibility index (Phi) is 2.48. The van der Waals surface area contributed by atoms with Crippen LogP contribution in [0.15, 0.2) is 6.20 Å². The third kappa shape index (κ3) is 1.63. The minimum Gasteiger partial charge on any atom is -0.382 e. The molecule has 5 heteroatoms. The molecule has 1 aromatic rings. The summed E-state index contributed by atoms with van der Waals surface area (Å²) in [6, 6.07) is 0.101. The number of imidazole rings is 1. The summed E-state index contributed by atoms with van der Waals surface area (Å²) in [5.74, 6) is 0.499. The fourth-order valence-electron chi connectivity index (χ4n) is 1.89. The molecule has 0 spiro atoms. The normalized spacial score (nSPS) is 20.6. The molecule has 0 saturated carbocycles. The Morgan fingerprint density at radius 1 is 1.67 bits per heavy atom. The number of carbonyl (C=O) groups is 1. The predicted octanol–water partition coefficient (Wildman–Crippen LogP) is 0.292. The van der Waals surface area contributed by atoms with Crippen molar-refractivity contribution in [3.05, 3.63) is 17.7 Å². The van der Waals surface area contributed by atoms with Gasteiger partial charge in [-0.1, -0.05) is 0 Å². The Labute approximate surface area is 88.7 Å². The molecule has 5 nitrogen and oxygen atoms in total. The summed E-state index contributed by atoms with van der Waals surface area (Å²) < 4.78 is 7.00. The second-order valence-corrected chi connectivity index (χ2v) is 3.88. The summed E-state index contributed by atoms with van der Waals surface area (Å²) in [6.45, 7) is 3.20. The molecule has 1 atom stereocenters. The van der Waals surface area contributed by atoms with Gasteiger partial charge in [0.05, 0.1) is 18.3 Å². The van der Waals surface area contributed by atoms with Crippen molar-refractivity contribution in [3.63, 3.8) is 0 Å². The van der Waals surface area contributed by atoms with Crippen molar-refractivity contribution in [2.24, 2.45) is 0 Å². The molecule has 1 aromatic heterocycles. The van der Waals surface area contributed by atoms with Crippen LogP contribution < -0.4 is 0 Å². The number of ether oxygens (including phenoxy) is 1. The van der Waals surface area contributed by atoms with Gasteiger partial charge in [0.15, 0.2) is 5.82 Å². The first kappa shape index (κ1) is 10.2. The van der Waals surface area contributed by atoms with E-state index in [2.05, 4.69) is 4.98 Å². The van der Waals surface area contributed by atoms with E-state index in [4.69, 9.17) is 4.74 Å². The van der Waals surface area contributed by atoms with Gasteiger partial charge in [0, 0.05) is 26.9 Å². The van der Waals surface area contributed by atoms with E-state index in [1.165, 1.54) is 0 Å². The van der Waals surface area contributed by atoms with E-state index < -0.39 is 0 Å². The maximum Gasteiger partial charge on any atom is 0.290 e. The molecule has 1 aliphatic heterocycles. The molecule has 0 unspecified atom stereocenters. The van der Waals surface area contributed by atoms with E-state index in [0.717, 1.165) is 12.2 Å². The van der Waals surface area contributed by atoms with Crippen LogP contribution in [0.3, 0.4) is 0 Å². The van der Waals surface area contributed by atoms with Gasteiger partial charge in [-0.3, -0.25) is 4.79 Å². The van der Waals surface area contributed by atoms with Crippen LogP contribution in [0, 0.1) is 6.92 Å². The topological polar surface area (TPSA) is 47.4 Å². The Bertz CT molecular complexity index is 386. The summed E-state index contributed by atoms with van der Waals surface area (Å²) in [5.41, 5.74) is 0.879. The maximum absolute atomic E-state index is 11.9. The third-order valence-electron chi connectivity index (χ3n) is 2.72. The molecule has 0 fully saturated rings. The summed E-state index contributed by atoms with van der Waals surface area (Å²) in [5, 5.41) is 0. The first-order chi connectivity index (χ1) is 7.13. The average Bonchev–Trinajstić information content (AvgIpc) is 2.56. The van der Waals surface area contributed by atoms with Crippen molar-refractivity contribution >= 4 is 5.91 Å². The van der Waals surface area contributed by atoms with Crippen LogP contribution in [0.1, 0.15) is 16.3 Å². The van der Waals surface area contributed by atoms with Gasteiger partial charge in [0.2, 0.25) is 0 Å². The first-order valence-corrected chi connectivity index (χ1v) is 4.93. The van der Waals surface area contributed by atoms with Crippen molar-refractivity contribution < 1.29 is 9.53 Å². The fourth-order valence-corrected chi connectivity index (χ4v) is 1.89. The SMILES string of the molecule is COC[C@H]1Cn2cc(C)nc2C(=O)N1C. The summed E-state index contributed by atoms with van der Waals surface area (Å²) in [6.07, 6.45) is 1.91. The van der Waals surface area contributed by atoms with Crippen LogP contribution in [0.4, 0.5) is 0 Å². The fraction of sp³-hybridized carbons (Fsp3) is 0.600. The second kappa shape index (κ2) is 3.66. The van der Waals surface area contributed by atoms with E-state index >= 15 is 0 Å². The van der Waals surface area contributed by atoms with E-state index in [1.807, 2.05) is 17.7 Å². The van der Waals surface area contributed by atoms with E-state index in [1.54, 1.807) is 19.1 Å². The predicted molar refractivity (Wildman–Crippen MR) is 54.7 cm³/mol. The van der Waals surface area contributed by atoms with Crippen molar-refractivity contribution in [2.45, 2.75) is 19.5 Å². The van der Waals surface area contributed by atoms with Crippen LogP contribution in [0.5, 0.6) is 0 Å². The smallest absolute Gasteiger partial charge is 0.290 e. The molecule has 15 heavy (non-hydrogen) atoms. The molecule has 0 aliphatic carbocycles. The van der Waals surface area contributed by atoms with Crippen LogP contribution in [-0.2, 0) is 11.3 Å². The number of aryl methyl sites for hydroxylation is 1. The van der Waals surface area contributed by atoms with Gasteiger partial charge in [0.1, 0.15) is 0 Å². The highest BCUT2D eigenvalue weighted by Gasteiger charge is 2.30. The highest BCUT2D eigenvalue weighted by atomic mass is 16.5. The van der Waals surface area contributed by atoms with E-state index in [0.29, 0.717) is 12.4 Å². The minimum atomic E-state index is -0.0311. The lowest BCUT2D eigenvalue weighted by molar-refractivity contribution is 0.0488. The van der Waals surface area contributed by atoms with Gasteiger partial charge < -0.3 is 14.2 Å². The lowest BCUT2D eigenvalue weighted by Gasteiger charge is -2.32. The quantitative estimate of drug-likeness (QED) is 0.703. The molecule has 1 amide bonds. The highest BCUT2D eigenvalue weighted by Crippen LogP contribution is 2.16. The monoisotopic (exact) mass is 209 g/mol.